The second kappa shape index (κ2) is 6.28. The lowest BCUT2D eigenvalue weighted by molar-refractivity contribution is 0.262. The van der Waals surface area contributed by atoms with Crippen LogP contribution in [0.25, 0.3) is 10.9 Å². The number of nitrogens with one attached hydrogen (secondary N) is 3. The number of nitrogens with zero attached hydrogens (tertiary/aromatic N) is 1. The fourth-order valence-corrected chi connectivity index (χ4v) is 2.29. The normalized spacial score (nSPS) is 10.6. The Labute approximate surface area is 127 Å². The lowest BCUT2D eigenvalue weighted by Gasteiger charge is -2.11. The minimum absolute atomic E-state index is 0.0392. The number of H-pyrrole nitrogens is 1. The number of anilines is 2. The highest BCUT2D eigenvalue weighted by molar-refractivity contribution is 6.01. The Morgan fingerprint density at radius 2 is 2.05 bits per heavy atom. The van der Waals surface area contributed by atoms with Gasteiger partial charge in [-0.15, -0.1) is 0 Å². The Morgan fingerprint density at radius 3 is 2.91 bits per heavy atom. The number of hydrogen-bond acceptors (Lipinski definition) is 3. The smallest absolute Gasteiger partial charge is 0.323 e. The van der Waals surface area contributed by atoms with Gasteiger partial charge in [0.2, 0.25) is 0 Å². The molecule has 6 heteroatoms. The van der Waals surface area contributed by atoms with Gasteiger partial charge in [0, 0.05) is 23.4 Å². The van der Waals surface area contributed by atoms with E-state index >= 15 is 0 Å². The van der Waals surface area contributed by atoms with Gasteiger partial charge < -0.3 is 15.7 Å². The van der Waals surface area contributed by atoms with Gasteiger partial charge in [-0.05, 0) is 36.2 Å². The van der Waals surface area contributed by atoms with Gasteiger partial charge in [0.1, 0.15) is 0 Å². The molecule has 0 saturated heterocycles. The van der Waals surface area contributed by atoms with Crippen LogP contribution in [-0.4, -0.2) is 27.9 Å². The number of fused-ring (bicyclic) bond motifs is 1. The number of aliphatic hydroxyl groups is 1. The summed E-state index contributed by atoms with van der Waals surface area (Å²) in [7, 11) is 0. The number of amides is 2. The first-order valence-electron chi connectivity index (χ1n) is 6.96. The van der Waals surface area contributed by atoms with E-state index in [2.05, 4.69) is 20.8 Å². The summed E-state index contributed by atoms with van der Waals surface area (Å²) in [5.74, 6) is 0. The molecule has 3 aromatic rings. The van der Waals surface area contributed by atoms with E-state index in [0.29, 0.717) is 17.8 Å². The van der Waals surface area contributed by atoms with Crippen molar-refractivity contribution in [3.63, 3.8) is 0 Å². The van der Waals surface area contributed by atoms with E-state index in [4.69, 9.17) is 5.11 Å². The molecule has 0 aliphatic rings. The van der Waals surface area contributed by atoms with Gasteiger partial charge in [-0.3, -0.25) is 5.10 Å². The summed E-state index contributed by atoms with van der Waals surface area (Å²) in [4.78, 5) is 12.1. The zero-order chi connectivity index (χ0) is 15.4. The molecular weight excluding hydrogens is 280 g/mol. The van der Waals surface area contributed by atoms with Gasteiger partial charge in [-0.2, -0.15) is 5.10 Å². The van der Waals surface area contributed by atoms with Crippen molar-refractivity contribution in [2.24, 2.45) is 0 Å². The van der Waals surface area contributed by atoms with Crippen molar-refractivity contribution in [2.45, 2.75) is 6.42 Å². The number of carbonyl (C=O) groups is 1. The van der Waals surface area contributed by atoms with Crippen molar-refractivity contribution in [3.05, 3.63) is 54.2 Å². The molecule has 0 unspecified atom stereocenters. The maximum Gasteiger partial charge on any atom is 0.323 e. The SMILES string of the molecule is O=C(Nc1ccc2[nH]ncc2c1)Nc1ccccc1CCO. The van der Waals surface area contributed by atoms with Crippen LogP contribution < -0.4 is 10.6 Å². The maximum absolute atomic E-state index is 12.1. The summed E-state index contributed by atoms with van der Waals surface area (Å²) in [5, 5.41) is 22.4. The standard InChI is InChI=1S/C16H16N4O2/c21-8-7-11-3-1-2-4-14(11)19-16(22)18-13-5-6-15-12(9-13)10-17-20-15/h1-6,9-10,21H,7-8H2,(H,17,20)(H2,18,19,22). The number of aromatic nitrogens is 2. The van der Waals surface area contributed by atoms with Gasteiger partial charge >= 0.3 is 6.03 Å². The number of carbonyl (C=O) groups excluding carboxylic acids is 1. The van der Waals surface area contributed by atoms with Crippen molar-refractivity contribution in [1.82, 2.24) is 10.2 Å². The van der Waals surface area contributed by atoms with E-state index in [0.717, 1.165) is 16.5 Å². The molecule has 1 heterocycles. The Kier molecular flexibility index (Phi) is 4.02. The molecule has 0 aliphatic carbocycles. The van der Waals surface area contributed by atoms with Gasteiger partial charge in [0.15, 0.2) is 0 Å². The number of rotatable bonds is 4. The number of benzene rings is 2. The number of aromatic amines is 1. The zero-order valence-electron chi connectivity index (χ0n) is 11.8. The molecule has 0 fully saturated rings. The first kappa shape index (κ1) is 14.1. The number of aliphatic hydroxyl groups excluding tert-OH is 1. The number of urea groups is 1. The van der Waals surface area contributed by atoms with E-state index in [9.17, 15) is 4.79 Å². The predicted molar refractivity (Wildman–Crippen MR) is 86.0 cm³/mol. The predicted octanol–water partition coefficient (Wildman–Crippen LogP) is 2.74. The van der Waals surface area contributed by atoms with E-state index in [1.807, 2.05) is 36.4 Å². The largest absolute Gasteiger partial charge is 0.396 e. The summed E-state index contributed by atoms with van der Waals surface area (Å²) >= 11 is 0. The molecule has 0 radical (unpaired) electrons. The quantitative estimate of drug-likeness (QED) is 0.596. The van der Waals surface area contributed by atoms with Gasteiger partial charge in [-0.25, -0.2) is 4.79 Å². The number of para-hydroxylation sites is 1. The highest BCUT2D eigenvalue weighted by atomic mass is 16.3. The maximum atomic E-state index is 12.1. The van der Waals surface area contributed by atoms with E-state index < -0.39 is 0 Å². The molecule has 0 spiro atoms. The van der Waals surface area contributed by atoms with Gasteiger partial charge in [0.25, 0.3) is 0 Å². The second-order valence-electron chi connectivity index (χ2n) is 4.88. The molecule has 2 amide bonds. The summed E-state index contributed by atoms with van der Waals surface area (Å²) in [6.45, 7) is 0.0392. The molecule has 0 bridgehead atoms. The first-order chi connectivity index (χ1) is 10.8. The Morgan fingerprint density at radius 1 is 1.18 bits per heavy atom. The molecule has 3 rings (SSSR count). The van der Waals surface area contributed by atoms with E-state index in [-0.39, 0.29) is 12.6 Å². The second-order valence-corrected chi connectivity index (χ2v) is 4.88. The monoisotopic (exact) mass is 296 g/mol. The van der Waals surface area contributed by atoms with E-state index in [1.54, 1.807) is 12.3 Å². The lowest BCUT2D eigenvalue weighted by Crippen LogP contribution is -2.20. The molecular formula is C16H16N4O2. The molecule has 2 aromatic carbocycles. The molecule has 112 valence electrons. The van der Waals surface area contributed by atoms with Crippen molar-refractivity contribution < 1.29 is 9.90 Å². The summed E-state index contributed by atoms with van der Waals surface area (Å²) in [5.41, 5.74) is 3.19. The molecule has 0 saturated carbocycles. The zero-order valence-corrected chi connectivity index (χ0v) is 11.8. The molecule has 4 N–H and O–H groups in total. The molecule has 0 aliphatic heterocycles. The molecule has 1 aromatic heterocycles. The van der Waals surface area contributed by atoms with Crippen LogP contribution in [0.3, 0.4) is 0 Å². The summed E-state index contributed by atoms with van der Waals surface area (Å²) in [6, 6.07) is 12.6. The molecule has 22 heavy (non-hydrogen) atoms. The number of hydrogen-bond donors (Lipinski definition) is 4. The summed E-state index contributed by atoms with van der Waals surface area (Å²) < 4.78 is 0. The Bertz CT molecular complexity index is 797. The third-order valence-electron chi connectivity index (χ3n) is 3.34. The van der Waals surface area contributed by atoms with Crippen molar-refractivity contribution in [3.8, 4) is 0 Å². The van der Waals surface area contributed by atoms with Gasteiger partial charge in [-0.1, -0.05) is 18.2 Å². The first-order valence-corrected chi connectivity index (χ1v) is 6.96. The van der Waals surface area contributed by atoms with Crippen LogP contribution in [0, 0.1) is 0 Å². The third-order valence-corrected chi connectivity index (χ3v) is 3.34. The molecule has 6 nitrogen and oxygen atoms in total. The minimum atomic E-state index is -0.326. The van der Waals surface area contributed by atoms with Crippen LogP contribution in [0.4, 0.5) is 16.2 Å². The third kappa shape index (κ3) is 3.07. The van der Waals surface area contributed by atoms with Crippen LogP contribution in [0.5, 0.6) is 0 Å². The van der Waals surface area contributed by atoms with Crippen molar-refractivity contribution >= 4 is 28.3 Å². The minimum Gasteiger partial charge on any atom is -0.396 e. The van der Waals surface area contributed by atoms with Crippen LogP contribution >= 0.6 is 0 Å². The Hall–Kier alpha value is -2.86. The highest BCUT2D eigenvalue weighted by Crippen LogP contribution is 2.18. The van der Waals surface area contributed by atoms with Crippen LogP contribution in [0.2, 0.25) is 0 Å². The average Bonchev–Trinajstić information content (AvgIpc) is 2.97. The summed E-state index contributed by atoms with van der Waals surface area (Å²) in [6.07, 6.45) is 2.20. The van der Waals surface area contributed by atoms with E-state index in [1.165, 1.54) is 0 Å². The van der Waals surface area contributed by atoms with Crippen LogP contribution in [0.15, 0.2) is 48.7 Å². The van der Waals surface area contributed by atoms with Crippen molar-refractivity contribution in [2.75, 3.05) is 17.2 Å². The van der Waals surface area contributed by atoms with Crippen molar-refractivity contribution in [1.29, 1.82) is 0 Å². The van der Waals surface area contributed by atoms with Crippen LogP contribution in [-0.2, 0) is 6.42 Å². The van der Waals surface area contributed by atoms with Gasteiger partial charge in [0.05, 0.1) is 11.7 Å². The topological polar surface area (TPSA) is 90.0 Å². The Balaban J connectivity index is 1.72. The van der Waals surface area contributed by atoms with Crippen LogP contribution in [0.1, 0.15) is 5.56 Å². The highest BCUT2D eigenvalue weighted by Gasteiger charge is 2.07. The molecule has 0 atom stereocenters. The average molecular weight is 296 g/mol. The fourth-order valence-electron chi connectivity index (χ4n) is 2.29. The lowest BCUT2D eigenvalue weighted by atomic mass is 10.1. The fraction of sp³-hybridized carbons (Fsp3) is 0.125.